The molecule has 2 aliphatic rings. The minimum Gasteiger partial charge on any atom is -0.336 e. The van der Waals surface area contributed by atoms with Crippen molar-refractivity contribution < 1.29 is 26.4 Å². The Labute approximate surface area is 200 Å². The van der Waals surface area contributed by atoms with Crippen LogP contribution in [0.25, 0.3) is 0 Å². The Morgan fingerprint density at radius 2 is 1.71 bits per heavy atom. The summed E-state index contributed by atoms with van der Waals surface area (Å²) in [4.78, 5) is 15.0. The third-order valence-corrected chi connectivity index (χ3v) is 8.77. The van der Waals surface area contributed by atoms with Crippen molar-refractivity contribution in [2.75, 3.05) is 13.1 Å². The zero-order valence-electron chi connectivity index (χ0n) is 20.5. The van der Waals surface area contributed by atoms with Crippen LogP contribution in [0.4, 0.5) is 13.2 Å². The van der Waals surface area contributed by atoms with Crippen LogP contribution in [0, 0.1) is 17.3 Å². The maximum atomic E-state index is 13.3. The van der Waals surface area contributed by atoms with E-state index in [4.69, 9.17) is 5.73 Å². The van der Waals surface area contributed by atoms with E-state index < -0.39 is 27.8 Å². The van der Waals surface area contributed by atoms with E-state index in [1.165, 1.54) is 4.31 Å². The summed E-state index contributed by atoms with van der Waals surface area (Å²) in [6.07, 6.45) is -2.40. The summed E-state index contributed by atoms with van der Waals surface area (Å²) in [5.41, 5.74) is 5.30. The highest BCUT2D eigenvalue weighted by Gasteiger charge is 2.50. The van der Waals surface area contributed by atoms with Gasteiger partial charge in [0.2, 0.25) is 15.9 Å². The standard InChI is InChI=1S/C24H36F3N3O3S/c1-15(2)30(22(31)20(28)12-23(3,4)5)21-11-6-16-13-29(14-19(16)21)34(32,33)18-9-7-17(8-10-18)24(25,26)27/h7-10,15-16,19-21H,6,11-14,28H2,1-5H3/t16-,19+,20+,21+/m1/s1. The monoisotopic (exact) mass is 503 g/mol. The van der Waals surface area contributed by atoms with Gasteiger partial charge < -0.3 is 10.6 Å². The zero-order valence-corrected chi connectivity index (χ0v) is 21.3. The van der Waals surface area contributed by atoms with E-state index in [-0.39, 0.29) is 46.7 Å². The molecule has 2 fully saturated rings. The molecular weight excluding hydrogens is 467 g/mol. The van der Waals surface area contributed by atoms with Crippen LogP contribution in [0.15, 0.2) is 29.2 Å². The molecule has 1 saturated carbocycles. The van der Waals surface area contributed by atoms with Gasteiger partial charge in [-0.2, -0.15) is 17.5 Å². The fourth-order valence-electron chi connectivity index (χ4n) is 5.44. The van der Waals surface area contributed by atoms with Crippen molar-refractivity contribution in [3.05, 3.63) is 29.8 Å². The SMILES string of the molecule is CC(C)N(C(=O)[C@@H](N)CC(C)(C)C)[C@H]1CC[C@@H]2CN(S(=O)(=O)c3ccc(C(F)(F)F)cc3)C[C@@H]21. The number of nitrogens with two attached hydrogens (primary N) is 1. The van der Waals surface area contributed by atoms with Crippen LogP contribution in [0.5, 0.6) is 0 Å². The van der Waals surface area contributed by atoms with Gasteiger partial charge in [-0.3, -0.25) is 4.79 Å². The third kappa shape index (κ3) is 5.60. The molecule has 1 saturated heterocycles. The Hall–Kier alpha value is -1.65. The van der Waals surface area contributed by atoms with Crippen molar-refractivity contribution in [3.8, 4) is 0 Å². The number of fused-ring (bicyclic) bond motifs is 1. The highest BCUT2D eigenvalue weighted by Crippen LogP contribution is 2.43. The molecule has 192 valence electrons. The average molecular weight is 504 g/mol. The number of sulfonamides is 1. The predicted molar refractivity (Wildman–Crippen MR) is 124 cm³/mol. The molecule has 0 spiro atoms. The molecule has 0 bridgehead atoms. The van der Waals surface area contributed by atoms with Gasteiger partial charge in [-0.05, 0) is 74.6 Å². The van der Waals surface area contributed by atoms with Crippen LogP contribution in [0.2, 0.25) is 0 Å². The normalized spacial score (nSPS) is 24.9. The molecule has 1 aromatic rings. The molecule has 34 heavy (non-hydrogen) atoms. The van der Waals surface area contributed by atoms with E-state index in [1.54, 1.807) is 0 Å². The molecule has 10 heteroatoms. The fourth-order valence-corrected chi connectivity index (χ4v) is 6.98. The Kier molecular flexibility index (Phi) is 7.47. The van der Waals surface area contributed by atoms with Gasteiger partial charge in [-0.15, -0.1) is 0 Å². The summed E-state index contributed by atoms with van der Waals surface area (Å²) < 4.78 is 66.3. The van der Waals surface area contributed by atoms with Crippen LogP contribution < -0.4 is 5.73 Å². The number of carbonyl (C=O) groups excluding carboxylic acids is 1. The first-order valence-corrected chi connectivity index (χ1v) is 13.2. The lowest BCUT2D eigenvalue weighted by molar-refractivity contribution is -0.139. The molecular formula is C24H36F3N3O3S. The Morgan fingerprint density at radius 1 is 1.12 bits per heavy atom. The van der Waals surface area contributed by atoms with Gasteiger partial charge >= 0.3 is 6.18 Å². The lowest BCUT2D eigenvalue weighted by Crippen LogP contribution is -2.54. The van der Waals surface area contributed by atoms with Crippen molar-refractivity contribution in [1.29, 1.82) is 0 Å². The van der Waals surface area contributed by atoms with E-state index in [1.807, 2.05) is 39.5 Å². The molecule has 4 atom stereocenters. The summed E-state index contributed by atoms with van der Waals surface area (Å²) in [6.45, 7) is 10.5. The van der Waals surface area contributed by atoms with Crippen LogP contribution in [0.3, 0.4) is 0 Å². The molecule has 0 unspecified atom stereocenters. The molecule has 6 nitrogen and oxygen atoms in total. The first kappa shape index (κ1) is 26.9. The largest absolute Gasteiger partial charge is 0.416 e. The van der Waals surface area contributed by atoms with Gasteiger partial charge in [0.25, 0.3) is 0 Å². The van der Waals surface area contributed by atoms with Crippen molar-refractivity contribution in [2.45, 2.75) is 83.1 Å². The number of halogens is 3. The smallest absolute Gasteiger partial charge is 0.336 e. The Morgan fingerprint density at radius 3 is 2.21 bits per heavy atom. The number of nitrogens with zero attached hydrogens (tertiary/aromatic N) is 2. The summed E-state index contributed by atoms with van der Waals surface area (Å²) in [7, 11) is -3.94. The number of benzene rings is 1. The van der Waals surface area contributed by atoms with E-state index in [9.17, 15) is 26.4 Å². The molecule has 1 aliphatic heterocycles. The van der Waals surface area contributed by atoms with Gasteiger partial charge in [0.15, 0.2) is 0 Å². The number of hydrogen-bond donors (Lipinski definition) is 1. The second-order valence-electron chi connectivity index (χ2n) is 11.1. The van der Waals surface area contributed by atoms with Gasteiger partial charge in [0, 0.05) is 25.2 Å². The number of alkyl halides is 3. The molecule has 2 N–H and O–H groups in total. The average Bonchev–Trinajstić information content (AvgIpc) is 3.28. The van der Waals surface area contributed by atoms with E-state index in [0.29, 0.717) is 13.0 Å². The number of amides is 1. The Balaban J connectivity index is 1.78. The number of carbonyl (C=O) groups is 1. The second-order valence-corrected chi connectivity index (χ2v) is 13.1. The molecule has 1 aliphatic carbocycles. The van der Waals surface area contributed by atoms with E-state index in [0.717, 1.165) is 37.1 Å². The van der Waals surface area contributed by atoms with Crippen molar-refractivity contribution in [3.63, 3.8) is 0 Å². The van der Waals surface area contributed by atoms with Crippen molar-refractivity contribution in [2.24, 2.45) is 23.0 Å². The topological polar surface area (TPSA) is 83.7 Å². The molecule has 1 aromatic carbocycles. The first-order chi connectivity index (χ1) is 15.5. The fraction of sp³-hybridized carbons (Fsp3) is 0.708. The quantitative estimate of drug-likeness (QED) is 0.634. The van der Waals surface area contributed by atoms with Crippen LogP contribution in [-0.4, -0.2) is 54.7 Å². The molecule has 1 heterocycles. The van der Waals surface area contributed by atoms with Crippen molar-refractivity contribution in [1.82, 2.24) is 9.21 Å². The first-order valence-electron chi connectivity index (χ1n) is 11.8. The summed E-state index contributed by atoms with van der Waals surface area (Å²) in [5, 5.41) is 0. The van der Waals surface area contributed by atoms with E-state index >= 15 is 0 Å². The minimum atomic E-state index is -4.53. The van der Waals surface area contributed by atoms with E-state index in [2.05, 4.69) is 0 Å². The summed E-state index contributed by atoms with van der Waals surface area (Å²) in [6, 6.07) is 2.79. The maximum Gasteiger partial charge on any atom is 0.416 e. The predicted octanol–water partition coefficient (Wildman–Crippen LogP) is 4.11. The third-order valence-electron chi connectivity index (χ3n) is 6.92. The molecule has 1 amide bonds. The second kappa shape index (κ2) is 9.43. The Bertz CT molecular complexity index is 987. The molecule has 3 rings (SSSR count). The van der Waals surface area contributed by atoms with Crippen molar-refractivity contribution >= 4 is 15.9 Å². The highest BCUT2D eigenvalue weighted by molar-refractivity contribution is 7.89. The summed E-state index contributed by atoms with van der Waals surface area (Å²) in [5.74, 6) is -0.0425. The van der Waals surface area contributed by atoms with Crippen LogP contribution in [-0.2, 0) is 21.0 Å². The van der Waals surface area contributed by atoms with Crippen LogP contribution in [0.1, 0.15) is 59.4 Å². The zero-order chi connectivity index (χ0) is 25.6. The van der Waals surface area contributed by atoms with Crippen LogP contribution >= 0.6 is 0 Å². The van der Waals surface area contributed by atoms with Gasteiger partial charge in [0.05, 0.1) is 16.5 Å². The van der Waals surface area contributed by atoms with Gasteiger partial charge in [-0.1, -0.05) is 20.8 Å². The number of hydrogen-bond acceptors (Lipinski definition) is 4. The lowest BCUT2D eigenvalue weighted by atomic mass is 9.87. The maximum absolute atomic E-state index is 13.3. The number of rotatable bonds is 6. The molecule has 0 aromatic heterocycles. The lowest BCUT2D eigenvalue weighted by Gasteiger charge is -2.38. The minimum absolute atomic E-state index is 0.0302. The highest BCUT2D eigenvalue weighted by atomic mass is 32.2. The van der Waals surface area contributed by atoms with Gasteiger partial charge in [0.1, 0.15) is 0 Å². The molecule has 0 radical (unpaired) electrons. The summed E-state index contributed by atoms with van der Waals surface area (Å²) >= 11 is 0. The van der Waals surface area contributed by atoms with Gasteiger partial charge in [-0.25, -0.2) is 8.42 Å².